The highest BCUT2D eigenvalue weighted by atomic mass is 16.4. The predicted molar refractivity (Wildman–Crippen MR) is 86.1 cm³/mol. The third kappa shape index (κ3) is 5.41. The van der Waals surface area contributed by atoms with Gasteiger partial charge < -0.3 is 10.2 Å². The standard InChI is InChI=1S/C18H28O3/c1-12(2)15-10-14(8-6-5-7-9-17(19)20)11-16(13(3)4)18(15)21/h10-13,21H,5-9H2,1-4H3,(H,19,20). The van der Waals surface area contributed by atoms with Crippen LogP contribution in [-0.2, 0) is 11.2 Å². The number of rotatable bonds is 8. The van der Waals surface area contributed by atoms with Crippen LogP contribution in [0.3, 0.4) is 0 Å². The van der Waals surface area contributed by atoms with E-state index >= 15 is 0 Å². The van der Waals surface area contributed by atoms with Crippen LogP contribution in [0.5, 0.6) is 5.75 Å². The molecule has 3 heteroatoms. The topological polar surface area (TPSA) is 57.5 Å². The van der Waals surface area contributed by atoms with Crippen LogP contribution in [0.2, 0.25) is 0 Å². The SMILES string of the molecule is CC(C)c1cc(CCCCCC(=O)O)cc(C(C)C)c1O. The van der Waals surface area contributed by atoms with Crippen LogP contribution in [-0.4, -0.2) is 16.2 Å². The first-order valence-electron chi connectivity index (χ1n) is 7.90. The summed E-state index contributed by atoms with van der Waals surface area (Å²) in [6.07, 6.45) is 3.86. The molecule has 2 N–H and O–H groups in total. The van der Waals surface area contributed by atoms with Gasteiger partial charge in [0.1, 0.15) is 5.75 Å². The minimum atomic E-state index is -0.719. The summed E-state index contributed by atoms with van der Waals surface area (Å²) >= 11 is 0. The van der Waals surface area contributed by atoms with Gasteiger partial charge in [-0.15, -0.1) is 0 Å². The molecule has 0 aliphatic rings. The Balaban J connectivity index is 2.76. The normalized spacial score (nSPS) is 11.3. The monoisotopic (exact) mass is 292 g/mol. The van der Waals surface area contributed by atoms with E-state index in [-0.39, 0.29) is 6.42 Å². The van der Waals surface area contributed by atoms with Gasteiger partial charge in [0.25, 0.3) is 0 Å². The maximum absolute atomic E-state index is 10.5. The molecule has 0 heterocycles. The summed E-state index contributed by atoms with van der Waals surface area (Å²) in [5.41, 5.74) is 3.28. The van der Waals surface area contributed by atoms with E-state index in [4.69, 9.17) is 5.11 Å². The second-order valence-electron chi connectivity index (χ2n) is 6.39. The number of hydrogen-bond donors (Lipinski definition) is 2. The lowest BCUT2D eigenvalue weighted by atomic mass is 9.90. The number of carboxylic acid groups (broad SMARTS) is 1. The smallest absolute Gasteiger partial charge is 0.303 e. The molecule has 0 unspecified atom stereocenters. The van der Waals surface area contributed by atoms with Gasteiger partial charge in [-0.1, -0.05) is 46.2 Å². The highest BCUT2D eigenvalue weighted by Gasteiger charge is 2.14. The van der Waals surface area contributed by atoms with Gasteiger partial charge in [0, 0.05) is 6.42 Å². The van der Waals surface area contributed by atoms with E-state index in [0.717, 1.165) is 36.8 Å². The van der Waals surface area contributed by atoms with E-state index < -0.39 is 5.97 Å². The zero-order chi connectivity index (χ0) is 16.0. The zero-order valence-electron chi connectivity index (χ0n) is 13.6. The number of aromatic hydroxyl groups is 1. The summed E-state index contributed by atoms with van der Waals surface area (Å²) in [5, 5.41) is 19.0. The van der Waals surface area contributed by atoms with Gasteiger partial charge in [0.05, 0.1) is 0 Å². The van der Waals surface area contributed by atoms with Crippen molar-refractivity contribution in [3.05, 3.63) is 28.8 Å². The summed E-state index contributed by atoms with van der Waals surface area (Å²) in [4.78, 5) is 10.5. The third-order valence-electron chi connectivity index (χ3n) is 3.83. The van der Waals surface area contributed by atoms with Crippen LogP contribution in [0, 0.1) is 0 Å². The van der Waals surface area contributed by atoms with Gasteiger partial charge in [0.15, 0.2) is 0 Å². The Labute approximate surface area is 128 Å². The van der Waals surface area contributed by atoms with E-state index in [1.54, 1.807) is 0 Å². The fourth-order valence-electron chi connectivity index (χ4n) is 2.55. The van der Waals surface area contributed by atoms with Crippen LogP contribution in [0.15, 0.2) is 12.1 Å². The first-order valence-corrected chi connectivity index (χ1v) is 7.90. The molecule has 0 saturated carbocycles. The largest absolute Gasteiger partial charge is 0.507 e. The van der Waals surface area contributed by atoms with Gasteiger partial charge in [0.2, 0.25) is 0 Å². The third-order valence-corrected chi connectivity index (χ3v) is 3.83. The number of carbonyl (C=O) groups is 1. The highest BCUT2D eigenvalue weighted by Crippen LogP contribution is 2.35. The molecule has 0 amide bonds. The Bertz CT molecular complexity index is 446. The summed E-state index contributed by atoms with van der Waals surface area (Å²) in [5.74, 6) is 0.322. The van der Waals surface area contributed by atoms with Gasteiger partial charge in [-0.2, -0.15) is 0 Å². The molecule has 0 aromatic heterocycles. The molecular weight excluding hydrogens is 264 g/mol. The number of phenols is 1. The molecule has 21 heavy (non-hydrogen) atoms. The molecule has 0 bridgehead atoms. The summed E-state index contributed by atoms with van der Waals surface area (Å²) in [6, 6.07) is 4.20. The molecule has 3 nitrogen and oxygen atoms in total. The van der Waals surface area contributed by atoms with Crippen molar-refractivity contribution in [2.75, 3.05) is 0 Å². The fourth-order valence-corrected chi connectivity index (χ4v) is 2.55. The average molecular weight is 292 g/mol. The summed E-state index contributed by atoms with van der Waals surface area (Å²) in [7, 11) is 0. The molecule has 0 spiro atoms. The fraction of sp³-hybridized carbons (Fsp3) is 0.611. The van der Waals surface area contributed by atoms with Gasteiger partial charge >= 0.3 is 5.97 Å². The molecule has 0 saturated heterocycles. The maximum atomic E-state index is 10.5. The van der Waals surface area contributed by atoms with E-state index in [0.29, 0.717) is 17.6 Å². The predicted octanol–water partition coefficient (Wildman–Crippen LogP) is 4.83. The molecule has 0 aliphatic heterocycles. The molecular formula is C18H28O3. The lowest BCUT2D eigenvalue weighted by molar-refractivity contribution is -0.137. The van der Waals surface area contributed by atoms with Crippen molar-refractivity contribution >= 4 is 5.97 Å². The Kier molecular flexibility index (Phi) is 6.73. The Morgan fingerprint density at radius 1 is 1.00 bits per heavy atom. The second-order valence-corrected chi connectivity index (χ2v) is 6.39. The number of aliphatic carboxylic acids is 1. The van der Waals surface area contributed by atoms with Crippen molar-refractivity contribution in [3.8, 4) is 5.75 Å². The molecule has 0 radical (unpaired) electrons. The van der Waals surface area contributed by atoms with Crippen molar-refractivity contribution in [1.29, 1.82) is 0 Å². The van der Waals surface area contributed by atoms with E-state index in [2.05, 4.69) is 39.8 Å². The molecule has 0 atom stereocenters. The van der Waals surface area contributed by atoms with Crippen molar-refractivity contribution < 1.29 is 15.0 Å². The Morgan fingerprint density at radius 3 is 1.95 bits per heavy atom. The molecule has 118 valence electrons. The van der Waals surface area contributed by atoms with Crippen molar-refractivity contribution in [1.82, 2.24) is 0 Å². The summed E-state index contributed by atoms with van der Waals surface area (Å²) in [6.45, 7) is 8.37. The van der Waals surface area contributed by atoms with Crippen LogP contribution in [0.4, 0.5) is 0 Å². The minimum Gasteiger partial charge on any atom is -0.507 e. The number of phenolic OH excluding ortho intramolecular Hbond substituents is 1. The van der Waals surface area contributed by atoms with Crippen LogP contribution < -0.4 is 0 Å². The van der Waals surface area contributed by atoms with Crippen molar-refractivity contribution in [2.24, 2.45) is 0 Å². The number of benzene rings is 1. The van der Waals surface area contributed by atoms with Crippen LogP contribution >= 0.6 is 0 Å². The Hall–Kier alpha value is -1.51. The lowest BCUT2D eigenvalue weighted by Crippen LogP contribution is -1.99. The zero-order valence-corrected chi connectivity index (χ0v) is 13.6. The first kappa shape index (κ1) is 17.5. The number of carboxylic acids is 1. The molecule has 1 aromatic carbocycles. The van der Waals surface area contributed by atoms with Crippen LogP contribution in [0.25, 0.3) is 0 Å². The van der Waals surface area contributed by atoms with E-state index in [1.165, 1.54) is 5.56 Å². The summed E-state index contributed by atoms with van der Waals surface area (Å²) < 4.78 is 0. The van der Waals surface area contributed by atoms with Crippen LogP contribution in [0.1, 0.15) is 81.9 Å². The number of unbranched alkanes of at least 4 members (excludes halogenated alkanes) is 2. The molecule has 0 fully saturated rings. The minimum absolute atomic E-state index is 0.254. The van der Waals surface area contributed by atoms with Crippen molar-refractivity contribution in [2.45, 2.75) is 71.6 Å². The van der Waals surface area contributed by atoms with Gasteiger partial charge in [-0.3, -0.25) is 4.79 Å². The molecule has 1 rings (SSSR count). The van der Waals surface area contributed by atoms with E-state index in [1.807, 2.05) is 0 Å². The van der Waals surface area contributed by atoms with Crippen molar-refractivity contribution in [3.63, 3.8) is 0 Å². The molecule has 0 aliphatic carbocycles. The number of aryl methyl sites for hydroxylation is 1. The van der Waals surface area contributed by atoms with E-state index in [9.17, 15) is 9.90 Å². The van der Waals surface area contributed by atoms with Gasteiger partial charge in [-0.25, -0.2) is 0 Å². The first-order chi connectivity index (χ1) is 9.82. The van der Waals surface area contributed by atoms with Gasteiger partial charge in [-0.05, 0) is 47.8 Å². The quantitative estimate of drug-likeness (QED) is 0.675. The lowest BCUT2D eigenvalue weighted by Gasteiger charge is -2.17. The Morgan fingerprint density at radius 2 is 1.52 bits per heavy atom. The maximum Gasteiger partial charge on any atom is 0.303 e. The molecule has 1 aromatic rings. The highest BCUT2D eigenvalue weighted by molar-refractivity contribution is 5.66. The average Bonchev–Trinajstić information content (AvgIpc) is 2.38. The second kappa shape index (κ2) is 8.06. The number of hydrogen-bond acceptors (Lipinski definition) is 2.